The van der Waals surface area contributed by atoms with Gasteiger partial charge in [0, 0.05) is 28.7 Å². The molecule has 0 aliphatic carbocycles. The minimum atomic E-state index is -0.627. The molecule has 0 unspecified atom stereocenters. The highest BCUT2D eigenvalue weighted by Gasteiger charge is 2.13. The summed E-state index contributed by atoms with van der Waals surface area (Å²) in [5.41, 5.74) is 5.48. The zero-order chi connectivity index (χ0) is 19.1. The monoisotopic (exact) mass is 420 g/mol. The van der Waals surface area contributed by atoms with Crippen LogP contribution in [0.4, 0.5) is 5.69 Å². The molecule has 2 N–H and O–H groups in total. The van der Waals surface area contributed by atoms with E-state index in [1.165, 1.54) is 18.2 Å². The third-order valence-corrected chi connectivity index (χ3v) is 3.94. The van der Waals surface area contributed by atoms with Crippen LogP contribution in [-0.2, 0) is 11.3 Å². The number of nitro groups is 1. The van der Waals surface area contributed by atoms with E-state index in [2.05, 4.69) is 26.8 Å². The van der Waals surface area contributed by atoms with Crippen molar-refractivity contribution in [3.8, 4) is 0 Å². The molecule has 0 aliphatic rings. The van der Waals surface area contributed by atoms with Crippen LogP contribution < -0.4 is 10.9 Å². The fraction of sp³-hybridized carbons (Fsp3) is 0.176. The summed E-state index contributed by atoms with van der Waals surface area (Å²) in [5, 5.41) is 10.7. The number of amides is 2. The zero-order valence-electron chi connectivity index (χ0n) is 13.9. The van der Waals surface area contributed by atoms with Gasteiger partial charge in [-0.05, 0) is 30.8 Å². The van der Waals surface area contributed by atoms with Crippen LogP contribution in [0.15, 0.2) is 53.0 Å². The molecule has 8 nitrogen and oxygen atoms in total. The van der Waals surface area contributed by atoms with Crippen LogP contribution in [0.2, 0.25) is 0 Å². The van der Waals surface area contributed by atoms with E-state index in [1.807, 2.05) is 24.3 Å². The van der Waals surface area contributed by atoms with Crippen LogP contribution >= 0.6 is 15.9 Å². The van der Waals surface area contributed by atoms with Crippen molar-refractivity contribution in [3.63, 3.8) is 0 Å². The molecule has 0 bridgehead atoms. The molecule has 2 rings (SSSR count). The summed E-state index contributed by atoms with van der Waals surface area (Å²) in [7, 11) is 1.78. The number of nitrogens with one attached hydrogen (secondary N) is 2. The first kappa shape index (κ1) is 19.5. The van der Waals surface area contributed by atoms with Crippen molar-refractivity contribution in [2.75, 3.05) is 13.6 Å². The third kappa shape index (κ3) is 5.94. The molecule has 2 aromatic rings. The van der Waals surface area contributed by atoms with Gasteiger partial charge in [0.15, 0.2) is 0 Å². The highest BCUT2D eigenvalue weighted by Crippen LogP contribution is 2.13. The van der Waals surface area contributed by atoms with E-state index < -0.39 is 16.7 Å². The molecule has 0 radical (unpaired) electrons. The lowest BCUT2D eigenvalue weighted by molar-refractivity contribution is -0.384. The quantitative estimate of drug-likeness (QED) is 0.550. The summed E-state index contributed by atoms with van der Waals surface area (Å²) in [4.78, 5) is 35.8. The first-order valence-corrected chi connectivity index (χ1v) is 8.41. The Bertz CT molecular complexity index is 811. The predicted molar refractivity (Wildman–Crippen MR) is 99.2 cm³/mol. The summed E-state index contributed by atoms with van der Waals surface area (Å²) in [6.45, 7) is 0.644. The number of hydrazine groups is 1. The average molecular weight is 421 g/mol. The van der Waals surface area contributed by atoms with Gasteiger partial charge in [-0.2, -0.15) is 0 Å². The Morgan fingerprint density at radius 2 is 1.85 bits per heavy atom. The number of benzene rings is 2. The first-order chi connectivity index (χ1) is 12.3. The molecule has 0 spiro atoms. The number of hydrogen-bond donors (Lipinski definition) is 2. The predicted octanol–water partition coefficient (Wildman–Crippen LogP) is 2.25. The maximum atomic E-state index is 12.0. The van der Waals surface area contributed by atoms with Gasteiger partial charge in [-0.3, -0.25) is 35.5 Å². The van der Waals surface area contributed by atoms with Crippen LogP contribution in [0.25, 0.3) is 0 Å². The minimum Gasteiger partial charge on any atom is -0.293 e. The molecule has 0 aromatic heterocycles. The van der Waals surface area contributed by atoms with Crippen molar-refractivity contribution < 1.29 is 14.5 Å². The van der Waals surface area contributed by atoms with Crippen LogP contribution in [-0.4, -0.2) is 35.2 Å². The Hall–Kier alpha value is -2.78. The molecule has 0 aliphatic heterocycles. The fourth-order valence-electron chi connectivity index (χ4n) is 2.20. The average Bonchev–Trinajstić information content (AvgIpc) is 2.61. The van der Waals surface area contributed by atoms with E-state index in [-0.39, 0.29) is 17.8 Å². The second-order valence-electron chi connectivity index (χ2n) is 5.61. The number of non-ortho nitro benzene ring substituents is 1. The van der Waals surface area contributed by atoms with Crippen molar-refractivity contribution in [2.45, 2.75) is 6.54 Å². The summed E-state index contributed by atoms with van der Waals surface area (Å²) >= 11 is 3.36. The van der Waals surface area contributed by atoms with Crippen LogP contribution in [0, 0.1) is 10.1 Å². The summed E-state index contributed by atoms with van der Waals surface area (Å²) in [5.74, 6) is -1.03. The minimum absolute atomic E-state index is 0.0747. The Labute approximate surface area is 158 Å². The molecule has 0 heterocycles. The lowest BCUT2D eigenvalue weighted by Gasteiger charge is -2.16. The van der Waals surface area contributed by atoms with E-state index in [0.29, 0.717) is 6.54 Å². The Morgan fingerprint density at radius 1 is 1.15 bits per heavy atom. The Morgan fingerprint density at radius 3 is 2.50 bits per heavy atom. The number of carbonyl (C=O) groups is 2. The normalized spacial score (nSPS) is 10.4. The molecule has 2 amide bonds. The molecule has 0 atom stereocenters. The van der Waals surface area contributed by atoms with Gasteiger partial charge in [0.25, 0.3) is 17.5 Å². The van der Waals surface area contributed by atoms with Crippen molar-refractivity contribution in [3.05, 3.63) is 74.2 Å². The largest absolute Gasteiger partial charge is 0.293 e. The Balaban J connectivity index is 1.82. The van der Waals surface area contributed by atoms with Crippen molar-refractivity contribution in [1.29, 1.82) is 0 Å². The summed E-state index contributed by atoms with van der Waals surface area (Å²) in [6.07, 6.45) is 0. The van der Waals surface area contributed by atoms with E-state index >= 15 is 0 Å². The number of rotatable bonds is 6. The molecule has 136 valence electrons. The molecular formula is C17H17BrN4O4. The van der Waals surface area contributed by atoms with E-state index in [4.69, 9.17) is 0 Å². The topological polar surface area (TPSA) is 105 Å². The second kappa shape index (κ2) is 9.07. The molecule has 0 fully saturated rings. The van der Waals surface area contributed by atoms with Gasteiger partial charge in [-0.25, -0.2) is 0 Å². The van der Waals surface area contributed by atoms with Gasteiger partial charge < -0.3 is 0 Å². The van der Waals surface area contributed by atoms with Gasteiger partial charge >= 0.3 is 0 Å². The standard InChI is InChI=1S/C17H17BrN4O4/c1-21(10-12-5-7-14(18)8-6-12)11-16(23)19-20-17(24)13-3-2-4-15(9-13)22(25)26/h2-9H,10-11H2,1H3,(H,19,23)(H,20,24). The van der Waals surface area contributed by atoms with Gasteiger partial charge in [0.2, 0.25) is 0 Å². The van der Waals surface area contributed by atoms with E-state index in [1.54, 1.807) is 11.9 Å². The van der Waals surface area contributed by atoms with Crippen molar-refractivity contribution in [1.82, 2.24) is 15.8 Å². The number of nitrogens with zero attached hydrogens (tertiary/aromatic N) is 2. The first-order valence-electron chi connectivity index (χ1n) is 7.62. The summed E-state index contributed by atoms with van der Waals surface area (Å²) in [6, 6.07) is 13.0. The highest BCUT2D eigenvalue weighted by molar-refractivity contribution is 9.10. The maximum absolute atomic E-state index is 12.0. The number of carbonyl (C=O) groups excluding carboxylic acids is 2. The van der Waals surface area contributed by atoms with E-state index in [0.717, 1.165) is 16.1 Å². The van der Waals surface area contributed by atoms with Gasteiger partial charge in [0.1, 0.15) is 0 Å². The molecule has 0 saturated carbocycles. The van der Waals surface area contributed by atoms with Gasteiger partial charge in [-0.15, -0.1) is 0 Å². The zero-order valence-corrected chi connectivity index (χ0v) is 15.5. The Kier molecular flexibility index (Phi) is 6.81. The number of nitro benzene ring substituents is 1. The van der Waals surface area contributed by atoms with Crippen LogP contribution in [0.1, 0.15) is 15.9 Å². The molecule has 0 saturated heterocycles. The van der Waals surface area contributed by atoms with Crippen LogP contribution in [0.3, 0.4) is 0 Å². The number of hydrogen-bond acceptors (Lipinski definition) is 5. The molecule has 26 heavy (non-hydrogen) atoms. The second-order valence-corrected chi connectivity index (χ2v) is 6.52. The third-order valence-electron chi connectivity index (χ3n) is 3.41. The smallest absolute Gasteiger partial charge is 0.270 e. The van der Waals surface area contributed by atoms with Crippen molar-refractivity contribution >= 4 is 33.4 Å². The molecular weight excluding hydrogens is 404 g/mol. The fourth-order valence-corrected chi connectivity index (χ4v) is 2.47. The van der Waals surface area contributed by atoms with Gasteiger partial charge in [0.05, 0.1) is 11.5 Å². The van der Waals surface area contributed by atoms with Gasteiger partial charge in [-0.1, -0.05) is 34.1 Å². The van der Waals surface area contributed by atoms with Crippen molar-refractivity contribution in [2.24, 2.45) is 0 Å². The van der Waals surface area contributed by atoms with Crippen LogP contribution in [0.5, 0.6) is 0 Å². The van der Waals surface area contributed by atoms with E-state index in [9.17, 15) is 19.7 Å². The lowest BCUT2D eigenvalue weighted by Crippen LogP contribution is -2.45. The SMILES string of the molecule is CN(CC(=O)NNC(=O)c1cccc([N+](=O)[O-])c1)Cc1ccc(Br)cc1. The molecule has 9 heteroatoms. The summed E-state index contributed by atoms with van der Waals surface area (Å²) < 4.78 is 0.977. The number of likely N-dealkylation sites (N-methyl/N-ethyl adjacent to an activating group) is 1. The highest BCUT2D eigenvalue weighted by atomic mass is 79.9. The number of halogens is 1. The molecule has 2 aromatic carbocycles. The lowest BCUT2D eigenvalue weighted by atomic mass is 10.2. The maximum Gasteiger partial charge on any atom is 0.270 e.